The Balaban J connectivity index is 2.59. The second kappa shape index (κ2) is 6.09. The highest BCUT2D eigenvalue weighted by atomic mass is 16.3. The van der Waals surface area contributed by atoms with Gasteiger partial charge in [0.05, 0.1) is 18.6 Å². The molecule has 3 heteroatoms. The number of aliphatic hydroxyl groups excluding tert-OH is 1. The van der Waals surface area contributed by atoms with E-state index in [1.54, 1.807) is 0 Å². The van der Waals surface area contributed by atoms with Crippen LogP contribution in [0, 0.1) is 23.2 Å². The molecule has 1 saturated carbocycles. The summed E-state index contributed by atoms with van der Waals surface area (Å²) in [4.78, 5) is 2.15. The van der Waals surface area contributed by atoms with E-state index in [-0.39, 0.29) is 12.5 Å². The Hall–Kier alpha value is -0.590. The van der Waals surface area contributed by atoms with Crippen molar-refractivity contribution in [1.29, 1.82) is 5.26 Å². The number of nitrogens with zero attached hydrogens (tertiary/aromatic N) is 2. The molecule has 0 radical (unpaired) electrons. The average molecular weight is 210 g/mol. The summed E-state index contributed by atoms with van der Waals surface area (Å²) in [5.74, 6) is 0.921. The van der Waals surface area contributed by atoms with Crippen LogP contribution in [0.1, 0.15) is 32.6 Å². The van der Waals surface area contributed by atoms with E-state index >= 15 is 0 Å². The van der Waals surface area contributed by atoms with E-state index in [1.807, 2.05) is 7.05 Å². The maximum Gasteiger partial charge on any atom is 0.0672 e. The fourth-order valence-electron chi connectivity index (χ4n) is 2.56. The van der Waals surface area contributed by atoms with Crippen molar-refractivity contribution in [1.82, 2.24) is 4.90 Å². The Morgan fingerprint density at radius 3 is 2.73 bits per heavy atom. The van der Waals surface area contributed by atoms with Gasteiger partial charge in [0, 0.05) is 12.6 Å². The van der Waals surface area contributed by atoms with E-state index < -0.39 is 0 Å². The minimum Gasteiger partial charge on any atom is -0.395 e. The Kier molecular flexibility index (Phi) is 5.07. The molecule has 15 heavy (non-hydrogen) atoms. The molecule has 0 aliphatic heterocycles. The number of hydrogen-bond donors (Lipinski definition) is 1. The van der Waals surface area contributed by atoms with Gasteiger partial charge >= 0.3 is 0 Å². The number of aliphatic hydroxyl groups is 1. The molecular weight excluding hydrogens is 188 g/mol. The Morgan fingerprint density at radius 1 is 1.47 bits per heavy atom. The Morgan fingerprint density at radius 2 is 2.20 bits per heavy atom. The van der Waals surface area contributed by atoms with Crippen LogP contribution in [0.3, 0.4) is 0 Å². The predicted molar refractivity (Wildman–Crippen MR) is 60.2 cm³/mol. The minimum absolute atomic E-state index is 0.157. The van der Waals surface area contributed by atoms with Crippen LogP contribution in [0.5, 0.6) is 0 Å². The van der Waals surface area contributed by atoms with Gasteiger partial charge in [-0.15, -0.1) is 0 Å². The zero-order chi connectivity index (χ0) is 11.3. The van der Waals surface area contributed by atoms with Crippen LogP contribution in [-0.2, 0) is 0 Å². The van der Waals surface area contributed by atoms with Crippen molar-refractivity contribution in [3.05, 3.63) is 0 Å². The molecule has 86 valence electrons. The maximum atomic E-state index is 9.10. The first-order valence-corrected chi connectivity index (χ1v) is 5.93. The lowest BCUT2D eigenvalue weighted by atomic mass is 9.77. The van der Waals surface area contributed by atoms with Crippen molar-refractivity contribution in [3.8, 4) is 6.07 Å². The topological polar surface area (TPSA) is 47.3 Å². The fourth-order valence-corrected chi connectivity index (χ4v) is 2.56. The quantitative estimate of drug-likeness (QED) is 0.767. The van der Waals surface area contributed by atoms with Crippen molar-refractivity contribution >= 4 is 0 Å². The lowest BCUT2D eigenvalue weighted by Gasteiger charge is -2.38. The van der Waals surface area contributed by atoms with Crippen LogP contribution in [0.4, 0.5) is 0 Å². The number of rotatable bonds is 4. The summed E-state index contributed by atoms with van der Waals surface area (Å²) in [6.45, 7) is 3.09. The van der Waals surface area contributed by atoms with Gasteiger partial charge in [-0.1, -0.05) is 13.3 Å². The zero-order valence-electron chi connectivity index (χ0n) is 9.82. The first-order chi connectivity index (χ1) is 7.22. The molecule has 0 saturated heterocycles. The number of likely N-dealkylation sites (N-methyl/N-ethyl adjacent to an activating group) is 1. The van der Waals surface area contributed by atoms with Crippen LogP contribution < -0.4 is 0 Å². The van der Waals surface area contributed by atoms with E-state index in [4.69, 9.17) is 10.4 Å². The largest absolute Gasteiger partial charge is 0.395 e. The van der Waals surface area contributed by atoms with E-state index in [1.165, 1.54) is 12.8 Å². The van der Waals surface area contributed by atoms with Crippen molar-refractivity contribution in [2.24, 2.45) is 11.8 Å². The molecule has 1 rings (SSSR count). The molecule has 0 spiro atoms. The molecule has 0 aromatic heterocycles. The first-order valence-electron chi connectivity index (χ1n) is 5.93. The van der Waals surface area contributed by atoms with Gasteiger partial charge in [-0.05, 0) is 32.2 Å². The highest BCUT2D eigenvalue weighted by Gasteiger charge is 2.31. The van der Waals surface area contributed by atoms with Crippen LogP contribution in [-0.4, -0.2) is 36.2 Å². The summed E-state index contributed by atoms with van der Waals surface area (Å²) >= 11 is 0. The van der Waals surface area contributed by atoms with Crippen molar-refractivity contribution in [2.45, 2.75) is 38.6 Å². The van der Waals surface area contributed by atoms with Gasteiger partial charge in [0.25, 0.3) is 0 Å². The third kappa shape index (κ3) is 3.19. The molecule has 1 aliphatic rings. The third-order valence-electron chi connectivity index (χ3n) is 3.69. The van der Waals surface area contributed by atoms with Crippen molar-refractivity contribution in [2.75, 3.05) is 20.2 Å². The maximum absolute atomic E-state index is 9.10. The SMILES string of the molecule is CCC1CCC(C#N)C(N(C)CCO)C1. The van der Waals surface area contributed by atoms with E-state index in [9.17, 15) is 0 Å². The van der Waals surface area contributed by atoms with Crippen LogP contribution in [0.25, 0.3) is 0 Å². The second-order valence-electron chi connectivity index (χ2n) is 4.59. The number of nitriles is 1. The molecule has 1 N–H and O–H groups in total. The predicted octanol–water partition coefficient (Wildman–Crippen LogP) is 1.63. The summed E-state index contributed by atoms with van der Waals surface area (Å²) in [6, 6.07) is 2.76. The molecule has 3 atom stereocenters. The smallest absolute Gasteiger partial charge is 0.0672 e. The van der Waals surface area contributed by atoms with Gasteiger partial charge in [-0.3, -0.25) is 4.90 Å². The normalized spacial score (nSPS) is 31.5. The Labute approximate surface area is 92.7 Å². The summed E-state index contributed by atoms with van der Waals surface area (Å²) in [5, 5.41) is 18.0. The second-order valence-corrected chi connectivity index (χ2v) is 4.59. The van der Waals surface area contributed by atoms with Gasteiger partial charge in [0.1, 0.15) is 0 Å². The average Bonchev–Trinajstić information content (AvgIpc) is 2.28. The molecule has 3 nitrogen and oxygen atoms in total. The van der Waals surface area contributed by atoms with Gasteiger partial charge in [0.15, 0.2) is 0 Å². The summed E-state index contributed by atoms with van der Waals surface area (Å²) in [7, 11) is 2.02. The summed E-state index contributed by atoms with van der Waals surface area (Å²) in [5.41, 5.74) is 0. The van der Waals surface area contributed by atoms with E-state index in [2.05, 4.69) is 17.9 Å². The standard InChI is InChI=1S/C12H22N2O/c1-3-10-4-5-11(9-13)12(8-10)14(2)6-7-15/h10-12,15H,3-8H2,1-2H3. The van der Waals surface area contributed by atoms with Crippen molar-refractivity contribution < 1.29 is 5.11 Å². The van der Waals surface area contributed by atoms with Crippen molar-refractivity contribution in [3.63, 3.8) is 0 Å². The van der Waals surface area contributed by atoms with Crippen LogP contribution in [0.15, 0.2) is 0 Å². The molecule has 0 aromatic rings. The highest BCUT2D eigenvalue weighted by Crippen LogP contribution is 2.33. The third-order valence-corrected chi connectivity index (χ3v) is 3.69. The summed E-state index contributed by atoms with van der Waals surface area (Å²) < 4.78 is 0. The molecule has 0 bridgehead atoms. The Bertz CT molecular complexity index is 224. The van der Waals surface area contributed by atoms with Crippen LogP contribution in [0.2, 0.25) is 0 Å². The van der Waals surface area contributed by atoms with Gasteiger partial charge in [0.2, 0.25) is 0 Å². The zero-order valence-corrected chi connectivity index (χ0v) is 9.82. The van der Waals surface area contributed by atoms with Gasteiger partial charge in [-0.25, -0.2) is 0 Å². The molecule has 3 unspecified atom stereocenters. The molecule has 1 aliphatic carbocycles. The minimum atomic E-state index is 0.157. The van der Waals surface area contributed by atoms with Gasteiger partial charge in [-0.2, -0.15) is 5.26 Å². The van der Waals surface area contributed by atoms with E-state index in [0.29, 0.717) is 12.6 Å². The molecule has 1 fully saturated rings. The van der Waals surface area contributed by atoms with Crippen LogP contribution >= 0.6 is 0 Å². The molecular formula is C12H22N2O. The lowest BCUT2D eigenvalue weighted by molar-refractivity contribution is 0.104. The number of hydrogen-bond acceptors (Lipinski definition) is 3. The summed E-state index contributed by atoms with van der Waals surface area (Å²) in [6.07, 6.45) is 4.54. The molecule has 0 heterocycles. The highest BCUT2D eigenvalue weighted by molar-refractivity contribution is 4.96. The molecule has 0 aromatic carbocycles. The monoisotopic (exact) mass is 210 g/mol. The van der Waals surface area contributed by atoms with E-state index in [0.717, 1.165) is 18.8 Å². The molecule has 0 amide bonds. The fraction of sp³-hybridized carbons (Fsp3) is 0.917. The van der Waals surface area contributed by atoms with Gasteiger partial charge < -0.3 is 5.11 Å². The lowest BCUT2D eigenvalue weighted by Crippen LogP contribution is -2.43. The first kappa shape index (κ1) is 12.5.